The predicted octanol–water partition coefficient (Wildman–Crippen LogP) is 2.76. The molecule has 0 aliphatic carbocycles. The van der Waals surface area contributed by atoms with Crippen molar-refractivity contribution in [3.8, 4) is 5.75 Å². The molecule has 1 amide bonds. The summed E-state index contributed by atoms with van der Waals surface area (Å²) in [7, 11) is 1.33. The number of ether oxygens (including phenoxy) is 2. The van der Waals surface area contributed by atoms with Crippen molar-refractivity contribution >= 4 is 23.6 Å². The molecular weight excluding hydrogens is 326 g/mol. The summed E-state index contributed by atoms with van der Waals surface area (Å²) in [6, 6.07) is 16.5. The van der Waals surface area contributed by atoms with Crippen LogP contribution in [0.5, 0.6) is 5.75 Å². The summed E-state index contributed by atoms with van der Waals surface area (Å²) in [5, 5.41) is 2.80. The summed E-state index contributed by atoms with van der Waals surface area (Å²) < 4.78 is 10.00. The third kappa shape index (κ3) is 5.96. The zero-order chi connectivity index (χ0) is 17.2. The van der Waals surface area contributed by atoms with Gasteiger partial charge in [-0.1, -0.05) is 18.2 Å². The van der Waals surface area contributed by atoms with Crippen molar-refractivity contribution < 1.29 is 19.1 Å². The van der Waals surface area contributed by atoms with Crippen LogP contribution < -0.4 is 10.1 Å². The summed E-state index contributed by atoms with van der Waals surface area (Å²) in [6.45, 7) is 0.511. The molecule has 0 unspecified atom stereocenters. The first-order chi connectivity index (χ1) is 11.7. The number of nitrogens with one attached hydrogen (secondary N) is 1. The average Bonchev–Trinajstić information content (AvgIpc) is 2.64. The summed E-state index contributed by atoms with van der Waals surface area (Å²) in [6.07, 6.45) is 0. The first-order valence-corrected chi connectivity index (χ1v) is 8.43. The van der Waals surface area contributed by atoms with Gasteiger partial charge in [-0.3, -0.25) is 4.79 Å². The largest absolute Gasteiger partial charge is 0.484 e. The van der Waals surface area contributed by atoms with E-state index in [1.807, 2.05) is 30.3 Å². The highest BCUT2D eigenvalue weighted by Gasteiger charge is 2.06. The van der Waals surface area contributed by atoms with E-state index in [1.54, 1.807) is 36.0 Å². The monoisotopic (exact) mass is 345 g/mol. The third-order valence-corrected chi connectivity index (χ3v) is 4.10. The molecule has 24 heavy (non-hydrogen) atoms. The molecule has 0 saturated heterocycles. The van der Waals surface area contributed by atoms with Crippen LogP contribution in [0.25, 0.3) is 0 Å². The topological polar surface area (TPSA) is 64.6 Å². The van der Waals surface area contributed by atoms with Gasteiger partial charge in [-0.15, -0.1) is 11.8 Å². The molecule has 6 heteroatoms. The minimum atomic E-state index is -0.407. The number of thioether (sulfide) groups is 1. The first kappa shape index (κ1) is 17.9. The van der Waals surface area contributed by atoms with Crippen LogP contribution in [0.1, 0.15) is 10.4 Å². The molecule has 0 fully saturated rings. The van der Waals surface area contributed by atoms with Crippen LogP contribution in [0.4, 0.5) is 0 Å². The van der Waals surface area contributed by atoms with Gasteiger partial charge in [0.05, 0.1) is 12.7 Å². The van der Waals surface area contributed by atoms with E-state index in [2.05, 4.69) is 10.1 Å². The minimum Gasteiger partial charge on any atom is -0.484 e. The first-order valence-electron chi connectivity index (χ1n) is 7.45. The molecule has 0 heterocycles. The van der Waals surface area contributed by atoms with Crippen LogP contribution in [0.2, 0.25) is 0 Å². The number of benzene rings is 2. The normalized spacial score (nSPS) is 10.0. The van der Waals surface area contributed by atoms with Crippen LogP contribution in [-0.4, -0.2) is 37.9 Å². The van der Waals surface area contributed by atoms with Gasteiger partial charge >= 0.3 is 5.97 Å². The Morgan fingerprint density at radius 2 is 1.75 bits per heavy atom. The van der Waals surface area contributed by atoms with Gasteiger partial charge < -0.3 is 14.8 Å². The maximum Gasteiger partial charge on any atom is 0.337 e. The van der Waals surface area contributed by atoms with Crippen molar-refractivity contribution in [3.63, 3.8) is 0 Å². The lowest BCUT2D eigenvalue weighted by molar-refractivity contribution is -0.122. The molecule has 2 rings (SSSR count). The summed E-state index contributed by atoms with van der Waals surface area (Å²) in [5.41, 5.74) is 0.437. The SMILES string of the molecule is COC(=O)c1ccc(OCC(=O)NCCSc2ccccc2)cc1. The Bertz CT molecular complexity index is 658. The molecule has 126 valence electrons. The number of hydrogen-bond donors (Lipinski definition) is 1. The van der Waals surface area contributed by atoms with Crippen LogP contribution in [0.3, 0.4) is 0 Å². The Kier molecular flexibility index (Phi) is 7.17. The summed E-state index contributed by atoms with van der Waals surface area (Å²) in [4.78, 5) is 24.2. The van der Waals surface area contributed by atoms with Gasteiger partial charge in [-0.05, 0) is 36.4 Å². The zero-order valence-corrected chi connectivity index (χ0v) is 14.2. The van der Waals surface area contributed by atoms with Crippen molar-refractivity contribution in [1.82, 2.24) is 5.32 Å². The fourth-order valence-electron chi connectivity index (χ4n) is 1.88. The second-order valence-corrected chi connectivity index (χ2v) is 5.98. The van der Waals surface area contributed by atoms with Gasteiger partial charge in [-0.2, -0.15) is 0 Å². The number of esters is 1. The second kappa shape index (κ2) is 9.62. The van der Waals surface area contributed by atoms with E-state index in [4.69, 9.17) is 4.74 Å². The molecule has 0 radical (unpaired) electrons. The van der Waals surface area contributed by atoms with Gasteiger partial charge in [0.2, 0.25) is 0 Å². The molecule has 0 aliphatic heterocycles. The second-order valence-electron chi connectivity index (χ2n) is 4.82. The molecular formula is C18H19NO4S. The molecule has 0 bridgehead atoms. The van der Waals surface area contributed by atoms with Crippen molar-refractivity contribution in [2.24, 2.45) is 0 Å². The third-order valence-electron chi connectivity index (χ3n) is 3.08. The average molecular weight is 345 g/mol. The molecule has 1 N–H and O–H groups in total. The number of carbonyl (C=O) groups is 2. The lowest BCUT2D eigenvalue weighted by atomic mass is 10.2. The maximum absolute atomic E-state index is 11.7. The van der Waals surface area contributed by atoms with Crippen molar-refractivity contribution in [2.45, 2.75) is 4.90 Å². The van der Waals surface area contributed by atoms with Crippen molar-refractivity contribution in [3.05, 3.63) is 60.2 Å². The minimum absolute atomic E-state index is 0.0619. The smallest absolute Gasteiger partial charge is 0.337 e. The lowest BCUT2D eigenvalue weighted by Crippen LogP contribution is -2.30. The van der Waals surface area contributed by atoms with Gasteiger partial charge in [0.15, 0.2) is 6.61 Å². The maximum atomic E-state index is 11.7. The number of methoxy groups -OCH3 is 1. The van der Waals surface area contributed by atoms with Gasteiger partial charge in [0.25, 0.3) is 5.91 Å². The van der Waals surface area contributed by atoms with E-state index < -0.39 is 5.97 Å². The molecule has 0 aromatic heterocycles. The molecule has 0 atom stereocenters. The van der Waals surface area contributed by atoms with E-state index in [0.29, 0.717) is 17.9 Å². The van der Waals surface area contributed by atoms with Crippen LogP contribution >= 0.6 is 11.8 Å². The fraction of sp³-hybridized carbons (Fsp3) is 0.222. The van der Waals surface area contributed by atoms with Crippen LogP contribution in [0, 0.1) is 0 Å². The Balaban J connectivity index is 1.65. The van der Waals surface area contributed by atoms with E-state index in [9.17, 15) is 9.59 Å². The standard InChI is InChI=1S/C18H19NO4S/c1-22-18(21)14-7-9-15(10-8-14)23-13-17(20)19-11-12-24-16-5-3-2-4-6-16/h2-10H,11-13H2,1H3,(H,19,20). The molecule has 5 nitrogen and oxygen atoms in total. The lowest BCUT2D eigenvalue weighted by Gasteiger charge is -2.08. The Morgan fingerprint density at radius 3 is 2.42 bits per heavy atom. The van der Waals surface area contributed by atoms with E-state index in [0.717, 1.165) is 5.75 Å². The van der Waals surface area contributed by atoms with Crippen molar-refractivity contribution in [2.75, 3.05) is 26.0 Å². The van der Waals surface area contributed by atoms with Crippen LogP contribution in [-0.2, 0) is 9.53 Å². The van der Waals surface area contributed by atoms with Crippen molar-refractivity contribution in [1.29, 1.82) is 0 Å². The van der Waals surface area contributed by atoms with E-state index >= 15 is 0 Å². The Labute approximate surface area is 145 Å². The highest BCUT2D eigenvalue weighted by atomic mass is 32.2. The predicted molar refractivity (Wildman–Crippen MR) is 93.5 cm³/mol. The number of carbonyl (C=O) groups excluding carboxylic acids is 2. The molecule has 0 aliphatic rings. The van der Waals surface area contributed by atoms with Crippen LogP contribution in [0.15, 0.2) is 59.5 Å². The molecule has 0 saturated carbocycles. The quantitative estimate of drug-likeness (QED) is 0.453. The highest BCUT2D eigenvalue weighted by molar-refractivity contribution is 7.99. The molecule has 2 aromatic carbocycles. The van der Waals surface area contributed by atoms with E-state index in [1.165, 1.54) is 12.0 Å². The van der Waals surface area contributed by atoms with E-state index in [-0.39, 0.29) is 12.5 Å². The van der Waals surface area contributed by atoms with Gasteiger partial charge in [-0.25, -0.2) is 4.79 Å². The highest BCUT2D eigenvalue weighted by Crippen LogP contribution is 2.16. The zero-order valence-electron chi connectivity index (χ0n) is 13.4. The Morgan fingerprint density at radius 1 is 1.04 bits per heavy atom. The molecule has 2 aromatic rings. The summed E-state index contributed by atoms with van der Waals surface area (Å²) >= 11 is 1.68. The van der Waals surface area contributed by atoms with Gasteiger partial charge in [0, 0.05) is 17.2 Å². The number of rotatable bonds is 8. The fourth-order valence-corrected chi connectivity index (χ4v) is 2.67. The number of amides is 1. The molecule has 0 spiro atoms. The van der Waals surface area contributed by atoms with Gasteiger partial charge in [0.1, 0.15) is 5.75 Å². The number of hydrogen-bond acceptors (Lipinski definition) is 5. The Hall–Kier alpha value is -2.47. The summed E-state index contributed by atoms with van der Waals surface area (Å²) in [5.74, 6) is 0.733.